The maximum Gasteiger partial charge on any atom is 0.275 e. The number of imidazole rings is 1. The van der Waals surface area contributed by atoms with E-state index in [1.165, 1.54) is 0 Å². The van der Waals surface area contributed by atoms with E-state index in [9.17, 15) is 9.59 Å². The zero-order valence-electron chi connectivity index (χ0n) is 10.7. The Morgan fingerprint density at radius 2 is 2.35 bits per heavy atom. The summed E-state index contributed by atoms with van der Waals surface area (Å²) in [6, 6.07) is 5.05. The highest BCUT2D eigenvalue weighted by Gasteiger charge is 2.17. The number of nitrogens with one attached hydrogen (secondary N) is 2. The number of carbonyl (C=O) groups excluding carboxylic acids is 2. The summed E-state index contributed by atoms with van der Waals surface area (Å²) in [5, 5.41) is 5.40. The van der Waals surface area contributed by atoms with Crippen LogP contribution in [0.1, 0.15) is 10.5 Å². The van der Waals surface area contributed by atoms with Crippen molar-refractivity contribution < 1.29 is 14.3 Å². The molecule has 0 saturated heterocycles. The lowest BCUT2D eigenvalue weighted by Gasteiger charge is -2.18. The fourth-order valence-corrected chi connectivity index (χ4v) is 1.89. The number of benzene rings is 1. The Labute approximate surface area is 114 Å². The highest BCUT2D eigenvalue weighted by molar-refractivity contribution is 6.03. The summed E-state index contributed by atoms with van der Waals surface area (Å²) in [6.45, 7) is 0.00659. The first-order chi connectivity index (χ1) is 9.61. The largest absolute Gasteiger partial charge is 0.482 e. The van der Waals surface area contributed by atoms with Gasteiger partial charge in [0.05, 0.1) is 12.0 Å². The predicted molar refractivity (Wildman–Crippen MR) is 71.7 cm³/mol. The maximum atomic E-state index is 12.0. The molecule has 2 heterocycles. The van der Waals surface area contributed by atoms with Crippen LogP contribution in [0, 0.1) is 0 Å². The van der Waals surface area contributed by atoms with Gasteiger partial charge in [0.1, 0.15) is 11.4 Å². The van der Waals surface area contributed by atoms with Crippen molar-refractivity contribution in [1.82, 2.24) is 9.55 Å². The van der Waals surface area contributed by atoms with Gasteiger partial charge in [-0.1, -0.05) is 0 Å². The molecule has 0 bridgehead atoms. The quantitative estimate of drug-likeness (QED) is 0.854. The van der Waals surface area contributed by atoms with E-state index >= 15 is 0 Å². The number of nitrogens with zero attached hydrogens (tertiary/aromatic N) is 2. The van der Waals surface area contributed by atoms with Crippen LogP contribution in [0.4, 0.5) is 11.4 Å². The van der Waals surface area contributed by atoms with Gasteiger partial charge in [-0.3, -0.25) is 9.59 Å². The van der Waals surface area contributed by atoms with Crippen LogP contribution in [0.15, 0.2) is 30.7 Å². The van der Waals surface area contributed by atoms with Crippen LogP contribution in [-0.2, 0) is 11.8 Å². The van der Waals surface area contributed by atoms with E-state index in [0.717, 1.165) is 0 Å². The summed E-state index contributed by atoms with van der Waals surface area (Å²) < 4.78 is 6.93. The number of carbonyl (C=O) groups is 2. The first-order valence-corrected chi connectivity index (χ1v) is 5.98. The van der Waals surface area contributed by atoms with Crippen LogP contribution >= 0.6 is 0 Å². The van der Waals surface area contributed by atoms with Gasteiger partial charge in [-0.05, 0) is 18.2 Å². The van der Waals surface area contributed by atoms with Gasteiger partial charge in [0.25, 0.3) is 11.8 Å². The molecule has 0 unspecified atom stereocenters. The molecule has 3 rings (SSSR count). The van der Waals surface area contributed by atoms with E-state index in [4.69, 9.17) is 4.74 Å². The molecule has 20 heavy (non-hydrogen) atoms. The fourth-order valence-electron chi connectivity index (χ4n) is 1.89. The van der Waals surface area contributed by atoms with Crippen molar-refractivity contribution >= 4 is 23.2 Å². The molecule has 7 nitrogen and oxygen atoms in total. The second-order valence-corrected chi connectivity index (χ2v) is 4.43. The van der Waals surface area contributed by atoms with E-state index in [2.05, 4.69) is 15.6 Å². The molecule has 0 saturated carbocycles. The third kappa shape index (κ3) is 2.33. The lowest BCUT2D eigenvalue weighted by Crippen LogP contribution is -2.25. The number of rotatable bonds is 2. The normalized spacial score (nSPS) is 13.2. The maximum absolute atomic E-state index is 12.0. The molecule has 2 amide bonds. The lowest BCUT2D eigenvalue weighted by molar-refractivity contribution is -0.118. The summed E-state index contributed by atoms with van der Waals surface area (Å²) in [5.74, 6) is 0.0553. The third-order valence-electron chi connectivity index (χ3n) is 2.81. The van der Waals surface area contributed by atoms with E-state index in [0.29, 0.717) is 22.8 Å². The van der Waals surface area contributed by atoms with Crippen molar-refractivity contribution in [3.63, 3.8) is 0 Å². The monoisotopic (exact) mass is 272 g/mol. The molecule has 1 aliphatic heterocycles. The van der Waals surface area contributed by atoms with Crippen molar-refractivity contribution in [2.45, 2.75) is 0 Å². The molecule has 102 valence electrons. The average molecular weight is 272 g/mol. The van der Waals surface area contributed by atoms with Crippen LogP contribution in [0.25, 0.3) is 0 Å². The average Bonchev–Trinajstić information content (AvgIpc) is 2.85. The number of ether oxygens (including phenoxy) is 1. The van der Waals surface area contributed by atoms with Gasteiger partial charge in [0.2, 0.25) is 0 Å². The number of fused-ring (bicyclic) bond motifs is 1. The SMILES string of the molecule is Cn1cnc(C(=O)Nc2ccc3c(c2)NC(=O)CO3)c1. The van der Waals surface area contributed by atoms with Gasteiger partial charge in [-0.2, -0.15) is 0 Å². The van der Waals surface area contributed by atoms with Crippen LogP contribution in [-0.4, -0.2) is 28.0 Å². The number of aromatic nitrogens is 2. The molecule has 0 atom stereocenters. The van der Waals surface area contributed by atoms with Gasteiger partial charge in [0, 0.05) is 18.9 Å². The zero-order valence-corrected chi connectivity index (χ0v) is 10.7. The minimum Gasteiger partial charge on any atom is -0.482 e. The first-order valence-electron chi connectivity index (χ1n) is 5.98. The van der Waals surface area contributed by atoms with Gasteiger partial charge in [-0.15, -0.1) is 0 Å². The van der Waals surface area contributed by atoms with Crippen molar-refractivity contribution in [3.05, 3.63) is 36.4 Å². The Morgan fingerprint density at radius 3 is 3.10 bits per heavy atom. The second kappa shape index (κ2) is 4.69. The topological polar surface area (TPSA) is 85.3 Å². The van der Waals surface area contributed by atoms with Gasteiger partial charge >= 0.3 is 0 Å². The molecular weight excluding hydrogens is 260 g/mol. The summed E-state index contributed by atoms with van der Waals surface area (Å²) >= 11 is 0. The molecule has 1 aromatic carbocycles. The summed E-state index contributed by atoms with van der Waals surface area (Å²) in [4.78, 5) is 27.2. The van der Waals surface area contributed by atoms with Crippen molar-refractivity contribution in [1.29, 1.82) is 0 Å². The molecule has 2 N–H and O–H groups in total. The molecule has 2 aromatic rings. The minimum atomic E-state index is -0.311. The molecular formula is C13H12N4O3. The highest BCUT2D eigenvalue weighted by Crippen LogP contribution is 2.30. The number of aryl methyl sites for hydroxylation is 1. The van der Waals surface area contributed by atoms with Crippen LogP contribution in [0.3, 0.4) is 0 Å². The number of amides is 2. The lowest BCUT2D eigenvalue weighted by atomic mass is 10.2. The molecule has 0 aliphatic carbocycles. The summed E-state index contributed by atoms with van der Waals surface area (Å²) in [7, 11) is 1.79. The van der Waals surface area contributed by atoms with Crippen LogP contribution in [0.5, 0.6) is 5.75 Å². The van der Waals surface area contributed by atoms with Crippen molar-refractivity contribution in [2.24, 2.45) is 7.05 Å². The minimum absolute atomic E-state index is 0.00659. The Morgan fingerprint density at radius 1 is 1.50 bits per heavy atom. The van der Waals surface area contributed by atoms with Gasteiger partial charge in [-0.25, -0.2) is 4.98 Å². The van der Waals surface area contributed by atoms with E-state index in [1.807, 2.05) is 0 Å². The Balaban J connectivity index is 1.80. The third-order valence-corrected chi connectivity index (χ3v) is 2.81. The summed E-state index contributed by atoms with van der Waals surface area (Å²) in [5.41, 5.74) is 1.43. The molecule has 1 aliphatic rings. The number of hydrogen-bond donors (Lipinski definition) is 2. The molecule has 0 fully saturated rings. The van der Waals surface area contributed by atoms with Crippen LogP contribution < -0.4 is 15.4 Å². The van der Waals surface area contributed by atoms with Crippen molar-refractivity contribution in [2.75, 3.05) is 17.2 Å². The molecule has 1 aromatic heterocycles. The van der Waals surface area contributed by atoms with Crippen LogP contribution in [0.2, 0.25) is 0 Å². The van der Waals surface area contributed by atoms with E-state index in [-0.39, 0.29) is 18.4 Å². The molecule has 7 heteroatoms. The standard InChI is InChI=1S/C13H12N4O3/c1-17-5-10(14-7-17)13(19)15-8-2-3-11-9(4-8)16-12(18)6-20-11/h2-5,7H,6H2,1H3,(H,15,19)(H,16,18). The Hall–Kier alpha value is -2.83. The molecule has 0 radical (unpaired) electrons. The van der Waals surface area contributed by atoms with Gasteiger partial charge < -0.3 is 19.9 Å². The molecule has 0 spiro atoms. The Bertz CT molecular complexity index is 693. The Kier molecular flexibility index (Phi) is 2.86. The van der Waals surface area contributed by atoms with E-state index in [1.54, 1.807) is 42.3 Å². The first kappa shape index (κ1) is 12.2. The number of anilines is 2. The second-order valence-electron chi connectivity index (χ2n) is 4.43. The van der Waals surface area contributed by atoms with E-state index < -0.39 is 0 Å². The summed E-state index contributed by atoms with van der Waals surface area (Å²) in [6.07, 6.45) is 3.18. The van der Waals surface area contributed by atoms with Gasteiger partial charge in [0.15, 0.2) is 6.61 Å². The smallest absolute Gasteiger partial charge is 0.275 e. The highest BCUT2D eigenvalue weighted by atomic mass is 16.5. The van der Waals surface area contributed by atoms with Crippen molar-refractivity contribution in [3.8, 4) is 5.75 Å². The number of hydrogen-bond acceptors (Lipinski definition) is 4. The predicted octanol–water partition coefficient (Wildman–Crippen LogP) is 1.00. The zero-order chi connectivity index (χ0) is 14.1. The fraction of sp³-hybridized carbons (Fsp3) is 0.154.